The lowest BCUT2D eigenvalue weighted by Crippen LogP contribution is -2.30. The molecule has 7 rings (SSSR count). The first-order valence-corrected chi connectivity index (χ1v) is 16.2. The van der Waals surface area contributed by atoms with Crippen LogP contribution in [0, 0.1) is 0 Å². The van der Waals surface area contributed by atoms with Gasteiger partial charge in [-0.2, -0.15) is 0 Å². The van der Waals surface area contributed by atoms with Crippen LogP contribution in [0.4, 0.5) is 5.69 Å². The first kappa shape index (κ1) is 29.9. The van der Waals surface area contributed by atoms with Crippen molar-refractivity contribution < 1.29 is 4.74 Å². The Morgan fingerprint density at radius 2 is 1.24 bits per heavy atom. The van der Waals surface area contributed by atoms with Gasteiger partial charge in [-0.25, -0.2) is 4.98 Å². The summed E-state index contributed by atoms with van der Waals surface area (Å²) in [6.07, 6.45) is 4.23. The number of benzene rings is 4. The summed E-state index contributed by atoms with van der Waals surface area (Å²) < 4.78 is 6.86. The van der Waals surface area contributed by atoms with Crippen molar-refractivity contribution in [1.82, 2.24) is 9.88 Å². The first-order chi connectivity index (χ1) is 21.9. The molecule has 1 aliphatic carbocycles. The summed E-state index contributed by atoms with van der Waals surface area (Å²) in [6.45, 7) is 14.3. The van der Waals surface area contributed by atoms with Crippen LogP contribution in [0.5, 0.6) is 11.6 Å². The summed E-state index contributed by atoms with van der Waals surface area (Å²) in [5, 5.41) is 0. The lowest BCUT2D eigenvalue weighted by atomic mass is 9.69. The van der Waals surface area contributed by atoms with Crippen molar-refractivity contribution in [3.8, 4) is 22.8 Å². The van der Waals surface area contributed by atoms with E-state index < -0.39 is 5.41 Å². The van der Waals surface area contributed by atoms with Crippen molar-refractivity contribution >= 4 is 5.69 Å². The summed E-state index contributed by atoms with van der Waals surface area (Å²) in [4.78, 5) is 9.87. The molecule has 5 aromatic rings. The first-order valence-electron chi connectivity index (χ1n) is 16.2. The Morgan fingerprint density at radius 3 is 1.83 bits per heavy atom. The van der Waals surface area contributed by atoms with E-state index in [4.69, 9.17) is 9.72 Å². The predicted octanol–water partition coefficient (Wildman–Crippen LogP) is 10.0. The van der Waals surface area contributed by atoms with Gasteiger partial charge >= 0.3 is 0 Å². The van der Waals surface area contributed by atoms with E-state index in [1.54, 1.807) is 0 Å². The van der Waals surface area contributed by atoms with E-state index in [1.165, 1.54) is 38.9 Å². The van der Waals surface area contributed by atoms with Crippen LogP contribution in [0.15, 0.2) is 122 Å². The summed E-state index contributed by atoms with van der Waals surface area (Å²) in [7, 11) is 2.09. The Hall–Kier alpha value is -4.83. The molecular weight excluding hydrogens is 562 g/mol. The fourth-order valence-electron chi connectivity index (χ4n) is 6.90. The van der Waals surface area contributed by atoms with Gasteiger partial charge in [0.2, 0.25) is 5.88 Å². The molecule has 0 saturated carbocycles. The van der Waals surface area contributed by atoms with Gasteiger partial charge in [-0.15, -0.1) is 0 Å². The van der Waals surface area contributed by atoms with E-state index in [0.29, 0.717) is 5.88 Å². The maximum Gasteiger partial charge on any atom is 0.219 e. The molecule has 4 heteroatoms. The Balaban J connectivity index is 1.46. The summed E-state index contributed by atoms with van der Waals surface area (Å²) >= 11 is 0. The van der Waals surface area contributed by atoms with Crippen LogP contribution in [0.25, 0.3) is 11.1 Å². The minimum absolute atomic E-state index is 0.0516. The molecule has 2 heterocycles. The number of aromatic nitrogens is 1. The van der Waals surface area contributed by atoms with Crippen molar-refractivity contribution in [3.05, 3.63) is 155 Å². The Labute approximate surface area is 274 Å². The number of pyridine rings is 1. The largest absolute Gasteiger partial charge is 0.439 e. The molecule has 0 unspecified atom stereocenters. The van der Waals surface area contributed by atoms with Crippen molar-refractivity contribution in [2.75, 3.05) is 18.6 Å². The number of nitrogens with zero attached hydrogens (tertiary/aromatic N) is 3. The van der Waals surface area contributed by atoms with Gasteiger partial charge in [-0.05, 0) is 68.0 Å². The third kappa shape index (κ3) is 5.06. The Morgan fingerprint density at radius 1 is 0.652 bits per heavy atom. The van der Waals surface area contributed by atoms with Crippen molar-refractivity contribution in [2.45, 2.75) is 57.8 Å². The van der Waals surface area contributed by atoms with Gasteiger partial charge in [-0.3, -0.25) is 0 Å². The van der Waals surface area contributed by atoms with Gasteiger partial charge in [0.15, 0.2) is 0 Å². The number of anilines is 1. The molecule has 0 saturated heterocycles. The van der Waals surface area contributed by atoms with Gasteiger partial charge in [0.1, 0.15) is 5.75 Å². The molecular formula is C42H43N3O. The molecule has 4 aromatic carbocycles. The van der Waals surface area contributed by atoms with Crippen molar-refractivity contribution in [3.63, 3.8) is 0 Å². The Bertz CT molecular complexity index is 1900. The van der Waals surface area contributed by atoms with Gasteiger partial charge in [0.25, 0.3) is 0 Å². The molecule has 1 aliphatic heterocycles. The van der Waals surface area contributed by atoms with Gasteiger partial charge in [0.05, 0.1) is 17.8 Å². The average molecular weight is 606 g/mol. The summed E-state index contributed by atoms with van der Waals surface area (Å²) in [6, 6.07) is 39.5. The highest BCUT2D eigenvalue weighted by molar-refractivity contribution is 5.85. The number of ether oxygens (including phenoxy) is 1. The second-order valence-corrected chi connectivity index (χ2v) is 14.8. The van der Waals surface area contributed by atoms with Crippen molar-refractivity contribution in [1.29, 1.82) is 0 Å². The molecule has 0 radical (unpaired) electrons. The predicted molar refractivity (Wildman–Crippen MR) is 190 cm³/mol. The van der Waals surface area contributed by atoms with Gasteiger partial charge < -0.3 is 14.5 Å². The molecule has 2 aliphatic rings. The summed E-state index contributed by atoms with van der Waals surface area (Å²) in [5.74, 6) is 1.39. The molecule has 0 fully saturated rings. The summed E-state index contributed by atoms with van der Waals surface area (Å²) in [5.41, 5.74) is 9.87. The molecule has 0 spiro atoms. The van der Waals surface area contributed by atoms with Crippen molar-refractivity contribution in [2.24, 2.45) is 0 Å². The zero-order valence-corrected chi connectivity index (χ0v) is 28.0. The highest BCUT2D eigenvalue weighted by atomic mass is 16.5. The zero-order valence-electron chi connectivity index (χ0n) is 28.0. The topological polar surface area (TPSA) is 28.6 Å². The average Bonchev–Trinajstić information content (AvgIpc) is 3.60. The maximum absolute atomic E-state index is 6.86. The standard InChI is InChI=1S/C42H43N3O/c1-40(2,3)30-23-32(45-22-21-44(7)28-45)27-33(24-30)46-39-26-31(41(4,5)6)25-38(43-39)42(29-15-9-8-10-16-29)36-19-13-11-17-34(36)35-18-12-14-20-37(35)42/h8-27H,28H2,1-7H3. The molecule has 232 valence electrons. The fraction of sp³-hybridized carbons (Fsp3) is 0.262. The van der Waals surface area contributed by atoms with E-state index in [2.05, 4.69) is 180 Å². The maximum atomic E-state index is 6.86. The van der Waals surface area contributed by atoms with Gasteiger partial charge in [-0.1, -0.05) is 120 Å². The van der Waals surface area contributed by atoms with Crippen LogP contribution in [-0.2, 0) is 16.2 Å². The smallest absolute Gasteiger partial charge is 0.219 e. The Kier molecular flexibility index (Phi) is 7.08. The molecule has 46 heavy (non-hydrogen) atoms. The minimum Gasteiger partial charge on any atom is -0.439 e. The number of hydrogen-bond acceptors (Lipinski definition) is 4. The minimum atomic E-state index is -0.600. The van der Waals surface area contributed by atoms with Gasteiger partial charge in [0, 0.05) is 37.3 Å². The molecule has 0 amide bonds. The third-order valence-electron chi connectivity index (χ3n) is 9.40. The van der Waals surface area contributed by atoms with Crippen LogP contribution in [-0.4, -0.2) is 23.6 Å². The van der Waals surface area contributed by atoms with Crippen LogP contribution in [0.1, 0.15) is 75.1 Å². The van der Waals surface area contributed by atoms with E-state index in [9.17, 15) is 0 Å². The second kappa shape index (κ2) is 10.9. The monoisotopic (exact) mass is 605 g/mol. The molecule has 0 atom stereocenters. The van der Waals surface area contributed by atoms with E-state index >= 15 is 0 Å². The molecule has 0 N–H and O–H groups in total. The fourth-order valence-corrected chi connectivity index (χ4v) is 6.90. The van der Waals surface area contributed by atoms with E-state index in [1.807, 2.05) is 0 Å². The number of rotatable bonds is 5. The molecule has 0 bridgehead atoms. The lowest BCUT2D eigenvalue weighted by Gasteiger charge is -2.34. The van der Waals surface area contributed by atoms with E-state index in [0.717, 1.165) is 23.8 Å². The lowest BCUT2D eigenvalue weighted by molar-refractivity contribution is 0.450. The van der Waals surface area contributed by atoms with E-state index in [-0.39, 0.29) is 10.8 Å². The second-order valence-electron chi connectivity index (χ2n) is 14.8. The van der Waals surface area contributed by atoms with Crippen LogP contribution in [0.2, 0.25) is 0 Å². The van der Waals surface area contributed by atoms with Crippen LogP contribution < -0.4 is 9.64 Å². The van der Waals surface area contributed by atoms with Crippen LogP contribution >= 0.6 is 0 Å². The molecule has 4 nitrogen and oxygen atoms in total. The quantitative estimate of drug-likeness (QED) is 0.196. The molecule has 1 aromatic heterocycles. The van der Waals surface area contributed by atoms with Crippen LogP contribution in [0.3, 0.4) is 0 Å². The number of hydrogen-bond donors (Lipinski definition) is 0. The normalized spacial score (nSPS) is 15.2. The number of fused-ring (bicyclic) bond motifs is 3. The third-order valence-corrected chi connectivity index (χ3v) is 9.40. The highest BCUT2D eigenvalue weighted by Crippen LogP contribution is 2.56. The zero-order chi connectivity index (χ0) is 32.3. The SMILES string of the molecule is CN1C=CN(c2cc(Oc3cc(C(C)(C)C)cc(C4(c5ccccc5)c5ccccc5-c5ccccc54)n3)cc(C(C)(C)C)c2)C1. The highest BCUT2D eigenvalue weighted by Gasteiger charge is 2.47.